The zero-order chi connectivity index (χ0) is 13.7. The van der Waals surface area contributed by atoms with Gasteiger partial charge in [-0.3, -0.25) is 4.79 Å². The average Bonchev–Trinajstić information content (AvgIpc) is 2.85. The van der Waals surface area contributed by atoms with E-state index in [1.54, 1.807) is 0 Å². The van der Waals surface area contributed by atoms with Crippen molar-refractivity contribution in [3.8, 4) is 5.75 Å². The van der Waals surface area contributed by atoms with Crippen molar-refractivity contribution in [2.75, 3.05) is 13.2 Å². The van der Waals surface area contributed by atoms with Crippen LogP contribution in [0.1, 0.15) is 20.1 Å². The number of carbonyl (C=O) groups is 1. The average molecular weight is 276 g/mol. The van der Waals surface area contributed by atoms with Crippen LogP contribution in [0.2, 0.25) is 0 Å². The first-order valence-electron chi connectivity index (χ1n) is 6.11. The van der Waals surface area contributed by atoms with Crippen molar-refractivity contribution < 1.29 is 14.6 Å². The molecule has 0 atom stereocenters. The molecule has 1 aromatic heterocycles. The minimum Gasteiger partial charge on any atom is -0.485 e. The van der Waals surface area contributed by atoms with Crippen LogP contribution in [0.4, 0.5) is 0 Å². The number of ether oxygens (including phenoxy) is 1. The Morgan fingerprint density at radius 2 is 1.95 bits per heavy atom. The first kappa shape index (κ1) is 13.8. The Morgan fingerprint density at radius 3 is 2.53 bits per heavy atom. The number of ketones is 1. The van der Waals surface area contributed by atoms with Crippen molar-refractivity contribution in [2.24, 2.45) is 0 Å². The van der Waals surface area contributed by atoms with Crippen LogP contribution in [-0.4, -0.2) is 24.1 Å². The number of Topliss-reactive ketones (excluding diaryl/α,β-unsaturated/α-hetero) is 1. The summed E-state index contributed by atoms with van der Waals surface area (Å²) in [5, 5.41) is 8.82. The van der Waals surface area contributed by atoms with Crippen molar-refractivity contribution in [2.45, 2.75) is 13.3 Å². The SMILES string of the molecule is Cc1ccc(C(=O)COc2ccc(CCO)cc2)s1. The van der Waals surface area contributed by atoms with Crippen molar-refractivity contribution in [3.05, 3.63) is 51.7 Å². The summed E-state index contributed by atoms with van der Waals surface area (Å²) in [5.74, 6) is 0.667. The molecular weight excluding hydrogens is 260 g/mol. The van der Waals surface area contributed by atoms with Crippen molar-refractivity contribution in [1.82, 2.24) is 0 Å². The number of aryl methyl sites for hydroxylation is 1. The maximum atomic E-state index is 11.9. The minimum absolute atomic E-state index is 0.00228. The van der Waals surface area contributed by atoms with Gasteiger partial charge in [-0.25, -0.2) is 0 Å². The Hall–Kier alpha value is -1.65. The number of rotatable bonds is 6. The van der Waals surface area contributed by atoms with Crippen LogP contribution in [-0.2, 0) is 6.42 Å². The molecule has 3 nitrogen and oxygen atoms in total. The van der Waals surface area contributed by atoms with Gasteiger partial charge in [0.25, 0.3) is 0 Å². The van der Waals surface area contributed by atoms with Crippen LogP contribution in [0.15, 0.2) is 36.4 Å². The lowest BCUT2D eigenvalue weighted by atomic mass is 10.1. The van der Waals surface area contributed by atoms with Gasteiger partial charge in [-0.2, -0.15) is 0 Å². The van der Waals surface area contributed by atoms with E-state index in [-0.39, 0.29) is 19.0 Å². The number of aliphatic hydroxyl groups excluding tert-OH is 1. The summed E-state index contributed by atoms with van der Waals surface area (Å²) in [6.07, 6.45) is 0.633. The first-order chi connectivity index (χ1) is 9.19. The van der Waals surface area contributed by atoms with Crippen LogP contribution >= 0.6 is 11.3 Å². The van der Waals surface area contributed by atoms with Gasteiger partial charge in [0.05, 0.1) is 4.88 Å². The molecule has 0 aliphatic carbocycles. The highest BCUT2D eigenvalue weighted by Crippen LogP contribution is 2.17. The molecule has 1 aromatic carbocycles. The summed E-state index contributed by atoms with van der Waals surface area (Å²) in [6, 6.07) is 11.2. The predicted molar refractivity (Wildman–Crippen MR) is 76.1 cm³/mol. The lowest BCUT2D eigenvalue weighted by molar-refractivity contribution is 0.0925. The quantitative estimate of drug-likeness (QED) is 0.825. The topological polar surface area (TPSA) is 46.5 Å². The van der Waals surface area contributed by atoms with Crippen molar-refractivity contribution in [1.29, 1.82) is 0 Å². The maximum Gasteiger partial charge on any atom is 0.210 e. The lowest BCUT2D eigenvalue weighted by Crippen LogP contribution is -2.10. The van der Waals surface area contributed by atoms with Gasteiger partial charge in [0.1, 0.15) is 5.75 Å². The highest BCUT2D eigenvalue weighted by Gasteiger charge is 2.08. The second kappa shape index (κ2) is 6.50. The fourth-order valence-electron chi connectivity index (χ4n) is 1.69. The molecular formula is C15H16O3S. The minimum atomic E-state index is -0.00228. The molecule has 1 N–H and O–H groups in total. The summed E-state index contributed by atoms with van der Waals surface area (Å²) in [6.45, 7) is 2.16. The van der Waals surface area contributed by atoms with E-state index in [0.29, 0.717) is 12.2 Å². The van der Waals surface area contributed by atoms with Crippen LogP contribution in [0, 0.1) is 6.92 Å². The third kappa shape index (κ3) is 3.91. The summed E-state index contributed by atoms with van der Waals surface area (Å²) < 4.78 is 5.46. The standard InChI is InChI=1S/C15H16O3S/c1-11-2-7-15(19-11)14(17)10-18-13-5-3-12(4-6-13)8-9-16/h2-7,16H,8-10H2,1H3. The third-order valence-corrected chi connectivity index (χ3v) is 3.75. The van der Waals surface area contributed by atoms with Gasteiger partial charge in [-0.1, -0.05) is 12.1 Å². The molecule has 0 aliphatic heterocycles. The zero-order valence-corrected chi connectivity index (χ0v) is 11.6. The monoisotopic (exact) mass is 276 g/mol. The third-order valence-electron chi connectivity index (χ3n) is 2.71. The summed E-state index contributed by atoms with van der Waals surface area (Å²) in [5.41, 5.74) is 1.05. The van der Waals surface area contributed by atoms with Crippen molar-refractivity contribution in [3.63, 3.8) is 0 Å². The van der Waals surface area contributed by atoms with Crippen LogP contribution in [0.25, 0.3) is 0 Å². The number of thiophene rings is 1. The number of hydrogen-bond acceptors (Lipinski definition) is 4. The number of aliphatic hydroxyl groups is 1. The van der Waals surface area contributed by atoms with Gasteiger partial charge < -0.3 is 9.84 Å². The van der Waals surface area contributed by atoms with Gasteiger partial charge in [0, 0.05) is 11.5 Å². The van der Waals surface area contributed by atoms with Gasteiger partial charge in [-0.15, -0.1) is 11.3 Å². The molecule has 19 heavy (non-hydrogen) atoms. The number of benzene rings is 1. The molecule has 2 rings (SSSR count). The Morgan fingerprint density at radius 1 is 1.21 bits per heavy atom. The van der Waals surface area contributed by atoms with Gasteiger partial charge in [0.2, 0.25) is 5.78 Å². The Balaban J connectivity index is 1.89. The summed E-state index contributed by atoms with van der Waals surface area (Å²) >= 11 is 1.48. The fourth-order valence-corrected chi connectivity index (χ4v) is 2.48. The molecule has 100 valence electrons. The van der Waals surface area contributed by atoms with Crippen LogP contribution < -0.4 is 4.74 Å². The fraction of sp³-hybridized carbons (Fsp3) is 0.267. The number of carbonyl (C=O) groups excluding carboxylic acids is 1. The predicted octanol–water partition coefficient (Wildman–Crippen LogP) is 2.85. The van der Waals surface area contributed by atoms with Gasteiger partial charge in [0.15, 0.2) is 6.61 Å². The largest absolute Gasteiger partial charge is 0.485 e. The first-order valence-corrected chi connectivity index (χ1v) is 6.93. The molecule has 0 spiro atoms. The van der Waals surface area contributed by atoms with E-state index >= 15 is 0 Å². The van der Waals surface area contributed by atoms with E-state index in [1.807, 2.05) is 43.3 Å². The molecule has 0 fully saturated rings. The summed E-state index contributed by atoms with van der Waals surface area (Å²) in [4.78, 5) is 13.7. The molecule has 0 bridgehead atoms. The van der Waals surface area contributed by atoms with Crippen LogP contribution in [0.3, 0.4) is 0 Å². The molecule has 0 radical (unpaired) electrons. The highest BCUT2D eigenvalue weighted by atomic mass is 32.1. The lowest BCUT2D eigenvalue weighted by Gasteiger charge is -2.05. The Bertz CT molecular complexity index is 543. The normalized spacial score (nSPS) is 10.4. The zero-order valence-electron chi connectivity index (χ0n) is 10.8. The smallest absolute Gasteiger partial charge is 0.210 e. The van der Waals surface area contributed by atoms with E-state index in [2.05, 4.69) is 0 Å². The Kier molecular flexibility index (Phi) is 4.71. The van der Waals surface area contributed by atoms with Gasteiger partial charge in [-0.05, 0) is 43.2 Å². The second-order valence-corrected chi connectivity index (χ2v) is 5.53. The maximum absolute atomic E-state index is 11.9. The second-order valence-electron chi connectivity index (χ2n) is 4.24. The van der Waals surface area contributed by atoms with E-state index in [9.17, 15) is 4.79 Å². The molecule has 0 amide bonds. The molecule has 4 heteroatoms. The molecule has 0 saturated carbocycles. The molecule has 0 saturated heterocycles. The summed E-state index contributed by atoms with van der Waals surface area (Å²) in [7, 11) is 0. The van der Waals surface area contributed by atoms with Crippen molar-refractivity contribution >= 4 is 17.1 Å². The van der Waals surface area contributed by atoms with E-state index in [4.69, 9.17) is 9.84 Å². The Labute approximate surface area is 116 Å². The van der Waals surface area contributed by atoms with E-state index in [0.717, 1.165) is 15.3 Å². The van der Waals surface area contributed by atoms with E-state index in [1.165, 1.54) is 11.3 Å². The molecule has 1 heterocycles. The van der Waals surface area contributed by atoms with Gasteiger partial charge >= 0.3 is 0 Å². The van der Waals surface area contributed by atoms with Crippen LogP contribution in [0.5, 0.6) is 5.75 Å². The molecule has 0 aliphatic rings. The highest BCUT2D eigenvalue weighted by molar-refractivity contribution is 7.14. The molecule has 2 aromatic rings. The number of hydrogen-bond donors (Lipinski definition) is 1. The van der Waals surface area contributed by atoms with E-state index < -0.39 is 0 Å². The molecule has 0 unspecified atom stereocenters.